The number of fused-ring (bicyclic) bond motifs is 2. The minimum absolute atomic E-state index is 0. The molecule has 0 radical (unpaired) electrons. The van der Waals surface area contributed by atoms with E-state index in [1.165, 1.54) is 53.7 Å². The van der Waals surface area contributed by atoms with Crippen molar-refractivity contribution in [2.24, 2.45) is 0 Å². The van der Waals surface area contributed by atoms with Gasteiger partial charge in [-0.1, -0.05) is 61.9 Å². The molecule has 0 saturated carbocycles. The van der Waals surface area contributed by atoms with Gasteiger partial charge in [-0.25, -0.2) is 13.6 Å². The number of aryl methyl sites for hydroxylation is 2. The summed E-state index contributed by atoms with van der Waals surface area (Å²) in [5.74, 6) is -2.71. The monoisotopic (exact) mass is 639 g/mol. The second-order valence-electron chi connectivity index (χ2n) is 12.5. The normalized spacial score (nSPS) is 16.0. The maximum atomic E-state index is 13.0. The summed E-state index contributed by atoms with van der Waals surface area (Å²) in [6.45, 7) is 6.31. The summed E-state index contributed by atoms with van der Waals surface area (Å²) in [5.41, 5.74) is 9.75. The van der Waals surface area contributed by atoms with Gasteiger partial charge in [0.1, 0.15) is 0 Å². The smallest absolute Gasteiger partial charge is 0.321 e. The first-order chi connectivity index (χ1) is 21.6. The number of alkyl halides is 2. The lowest BCUT2D eigenvalue weighted by molar-refractivity contribution is 0.0174. The van der Waals surface area contributed by atoms with Gasteiger partial charge >= 0.3 is 6.03 Å². The number of nitrogens with zero attached hydrogens (tertiary/aromatic N) is 1. The van der Waals surface area contributed by atoms with E-state index in [1.54, 1.807) is 17.7 Å². The number of urea groups is 1. The van der Waals surface area contributed by atoms with Crippen LogP contribution in [0.15, 0.2) is 72.3 Å². The summed E-state index contributed by atoms with van der Waals surface area (Å²) < 4.78 is 25.4. The van der Waals surface area contributed by atoms with E-state index in [0.717, 1.165) is 62.3 Å². The molecule has 6 rings (SSSR count). The Kier molecular flexibility index (Phi) is 11.7. The lowest BCUT2D eigenvalue weighted by Gasteiger charge is -2.32. The SMILES string of the molecule is CCc1ccc(C(C)(F)F)cc1.CCc1ccc(NC(=O)N2CCC(NC(=O)c3ccc4c(c3)C3=C(CCCC3)C4)CC2)cc1.F.[HH].[HH].[HH]. The van der Waals surface area contributed by atoms with Gasteiger partial charge in [-0.2, -0.15) is 0 Å². The van der Waals surface area contributed by atoms with Crippen LogP contribution in [0.2, 0.25) is 0 Å². The Balaban J connectivity index is 0.000000646. The molecular weight excluding hydrogens is 587 g/mol. The molecule has 3 aliphatic rings. The highest BCUT2D eigenvalue weighted by Crippen LogP contribution is 2.41. The topological polar surface area (TPSA) is 61.4 Å². The molecule has 0 unspecified atom stereocenters. The van der Waals surface area contributed by atoms with Crippen molar-refractivity contribution in [2.75, 3.05) is 18.4 Å². The number of hydrogen-bond donors (Lipinski definition) is 2. The highest BCUT2D eigenvalue weighted by atomic mass is 19.3. The second kappa shape index (κ2) is 15.5. The predicted octanol–water partition coefficient (Wildman–Crippen LogP) is 9.81. The number of piperidine rings is 1. The molecule has 0 spiro atoms. The molecule has 8 heteroatoms. The zero-order valence-electron chi connectivity index (χ0n) is 27.1. The zero-order valence-corrected chi connectivity index (χ0v) is 27.1. The Morgan fingerprint density at radius 3 is 2.11 bits per heavy atom. The van der Waals surface area contributed by atoms with Crippen LogP contribution < -0.4 is 10.6 Å². The molecule has 1 heterocycles. The van der Waals surface area contributed by atoms with Gasteiger partial charge in [-0.3, -0.25) is 9.50 Å². The van der Waals surface area contributed by atoms with E-state index >= 15 is 0 Å². The first kappa shape index (κ1) is 34.8. The van der Waals surface area contributed by atoms with E-state index in [-0.39, 0.29) is 32.5 Å². The zero-order chi connectivity index (χ0) is 32.0. The maximum Gasteiger partial charge on any atom is 0.321 e. The molecule has 1 fully saturated rings. The number of nitrogens with one attached hydrogen (secondary N) is 2. The van der Waals surface area contributed by atoms with Gasteiger partial charge in [0.15, 0.2) is 0 Å². The van der Waals surface area contributed by atoms with Crippen LogP contribution in [-0.4, -0.2) is 36.0 Å². The summed E-state index contributed by atoms with van der Waals surface area (Å²) in [6.07, 6.45) is 9.39. The summed E-state index contributed by atoms with van der Waals surface area (Å²) in [4.78, 5) is 27.4. The number of likely N-dealkylation sites (tertiary alicyclic amines) is 1. The predicted molar refractivity (Wildman–Crippen MR) is 187 cm³/mol. The number of rotatable bonds is 6. The Hall–Kier alpha value is -4.07. The average molecular weight is 640 g/mol. The number of amides is 3. The van der Waals surface area contributed by atoms with Crippen LogP contribution in [0.5, 0.6) is 0 Å². The van der Waals surface area contributed by atoms with Gasteiger partial charge in [0, 0.05) is 47.1 Å². The Labute approximate surface area is 275 Å². The highest BCUT2D eigenvalue weighted by Gasteiger charge is 2.27. The van der Waals surface area contributed by atoms with Crippen LogP contribution in [0.1, 0.15) is 102 Å². The van der Waals surface area contributed by atoms with Gasteiger partial charge < -0.3 is 15.5 Å². The highest BCUT2D eigenvalue weighted by molar-refractivity contribution is 5.96. The van der Waals surface area contributed by atoms with Crippen LogP contribution in [-0.2, 0) is 25.2 Å². The summed E-state index contributed by atoms with van der Waals surface area (Å²) in [6, 6.07) is 20.7. The molecule has 5 nitrogen and oxygen atoms in total. The molecule has 0 atom stereocenters. The fourth-order valence-corrected chi connectivity index (χ4v) is 6.43. The molecule has 0 bridgehead atoms. The van der Waals surface area contributed by atoms with Crippen LogP contribution >= 0.6 is 0 Å². The van der Waals surface area contributed by atoms with E-state index in [4.69, 9.17) is 0 Å². The van der Waals surface area contributed by atoms with Crippen molar-refractivity contribution < 1.29 is 27.4 Å². The van der Waals surface area contributed by atoms with Crippen LogP contribution in [0, 0.1) is 0 Å². The Morgan fingerprint density at radius 2 is 1.50 bits per heavy atom. The van der Waals surface area contributed by atoms with Crippen LogP contribution in [0.4, 0.5) is 24.0 Å². The largest absolute Gasteiger partial charge is 0.349 e. The van der Waals surface area contributed by atoms with E-state index < -0.39 is 5.92 Å². The summed E-state index contributed by atoms with van der Waals surface area (Å²) in [7, 11) is 0. The summed E-state index contributed by atoms with van der Waals surface area (Å²) in [5, 5.41) is 6.19. The van der Waals surface area contributed by atoms with Crippen molar-refractivity contribution in [1.82, 2.24) is 10.2 Å². The number of hydrogen-bond acceptors (Lipinski definition) is 2. The molecule has 46 heavy (non-hydrogen) atoms. The van der Waals surface area contributed by atoms with Crippen molar-refractivity contribution in [3.8, 4) is 0 Å². The lowest BCUT2D eigenvalue weighted by Crippen LogP contribution is -2.47. The molecule has 1 aliphatic heterocycles. The van der Waals surface area contributed by atoms with Crippen molar-refractivity contribution in [1.29, 1.82) is 0 Å². The van der Waals surface area contributed by atoms with Gasteiger partial charge in [0.2, 0.25) is 0 Å². The number of allylic oxidation sites excluding steroid dienone is 2. The van der Waals surface area contributed by atoms with Crippen molar-refractivity contribution in [2.45, 2.75) is 90.5 Å². The average Bonchev–Trinajstić information content (AvgIpc) is 3.43. The minimum atomic E-state index is -2.72. The van der Waals surface area contributed by atoms with Crippen molar-refractivity contribution in [3.05, 3.63) is 106 Å². The van der Waals surface area contributed by atoms with Gasteiger partial charge in [-0.15, -0.1) is 0 Å². The number of carbonyl (C=O) groups excluding carboxylic acids is 2. The van der Waals surface area contributed by atoms with Crippen LogP contribution in [0.25, 0.3) is 5.57 Å². The second-order valence-corrected chi connectivity index (χ2v) is 12.5. The molecular formula is C38H52F3N3O2. The fraction of sp³-hybridized carbons (Fsp3) is 0.421. The number of carbonyl (C=O) groups is 2. The Bertz CT molecular complexity index is 1540. The molecule has 3 amide bonds. The quantitative estimate of drug-likeness (QED) is 0.282. The molecule has 1 saturated heterocycles. The molecule has 0 aromatic heterocycles. The first-order valence-corrected chi connectivity index (χ1v) is 16.4. The van der Waals surface area contributed by atoms with Gasteiger partial charge in [0.05, 0.1) is 0 Å². The van der Waals surface area contributed by atoms with Gasteiger partial charge in [-0.05, 0) is 110 Å². The molecule has 3 aromatic carbocycles. The molecule has 252 valence electrons. The molecule has 2 N–H and O–H groups in total. The lowest BCUT2D eigenvalue weighted by atomic mass is 9.91. The summed E-state index contributed by atoms with van der Waals surface area (Å²) >= 11 is 0. The van der Waals surface area contributed by atoms with Gasteiger partial charge in [0.25, 0.3) is 11.8 Å². The standard InChI is InChI=1S/C28H33N3O2.C10H12F2.FH.3H2/c1-2-19-7-11-23(12-8-19)30-28(33)31-15-13-24(14-16-31)29-27(32)22-10-9-21-17-20-5-3-4-6-25(20)26(21)18-22;1-3-8-4-6-9(7-5-8)10(2,11)12;;;;/h7-12,18,24H,2-6,13-17H2,1H3,(H,29,32)(H,30,33);4-7H,3H2,1-2H3;4*1H. The molecule has 3 aromatic rings. The van der Waals surface area contributed by atoms with E-state index in [2.05, 4.69) is 29.7 Å². The third kappa shape index (κ3) is 8.59. The third-order valence-corrected chi connectivity index (χ3v) is 9.28. The third-order valence-electron chi connectivity index (χ3n) is 9.28. The number of benzene rings is 3. The van der Waals surface area contributed by atoms with Crippen LogP contribution in [0.3, 0.4) is 0 Å². The van der Waals surface area contributed by atoms with Crippen molar-refractivity contribution in [3.63, 3.8) is 0 Å². The van der Waals surface area contributed by atoms with E-state index in [0.29, 0.717) is 13.1 Å². The fourth-order valence-electron chi connectivity index (χ4n) is 6.43. The van der Waals surface area contributed by atoms with E-state index in [9.17, 15) is 18.4 Å². The molecule has 2 aliphatic carbocycles. The first-order valence-electron chi connectivity index (χ1n) is 16.4. The number of halogens is 3. The minimum Gasteiger partial charge on any atom is -0.349 e. The van der Waals surface area contributed by atoms with E-state index in [1.807, 2.05) is 42.2 Å². The maximum absolute atomic E-state index is 13.0. The Morgan fingerprint density at radius 1 is 0.891 bits per heavy atom. The number of anilines is 1. The van der Waals surface area contributed by atoms with Crippen molar-refractivity contribution >= 4 is 23.2 Å².